The van der Waals surface area contributed by atoms with Crippen molar-refractivity contribution in [3.05, 3.63) is 23.5 Å². The molecule has 0 atom stereocenters. The standard InChI is InChI=1S/C10H13N3O3/c1-7(15)11-4-5-12-10(16)9-3-2-8(6-14)13-9/h2-3,6,13H,4-5H2,1H3,(H,11,15)(H,12,16). The molecule has 1 rings (SSSR count). The lowest BCUT2D eigenvalue weighted by atomic mass is 10.4. The van der Waals surface area contributed by atoms with E-state index in [9.17, 15) is 14.4 Å². The van der Waals surface area contributed by atoms with Crippen molar-refractivity contribution in [1.82, 2.24) is 15.6 Å². The van der Waals surface area contributed by atoms with E-state index in [4.69, 9.17) is 0 Å². The van der Waals surface area contributed by atoms with E-state index in [0.717, 1.165) is 0 Å². The topological polar surface area (TPSA) is 91.1 Å². The first-order chi connectivity index (χ1) is 7.63. The van der Waals surface area contributed by atoms with E-state index in [1.165, 1.54) is 19.1 Å². The number of nitrogens with one attached hydrogen (secondary N) is 3. The van der Waals surface area contributed by atoms with Gasteiger partial charge in [-0.2, -0.15) is 0 Å². The molecule has 0 fully saturated rings. The van der Waals surface area contributed by atoms with E-state index in [1.54, 1.807) is 0 Å². The van der Waals surface area contributed by atoms with Crippen molar-refractivity contribution in [2.75, 3.05) is 13.1 Å². The summed E-state index contributed by atoms with van der Waals surface area (Å²) in [6.45, 7) is 2.12. The molecule has 16 heavy (non-hydrogen) atoms. The van der Waals surface area contributed by atoms with E-state index >= 15 is 0 Å². The summed E-state index contributed by atoms with van der Waals surface area (Å²) in [5.41, 5.74) is 0.678. The Morgan fingerprint density at radius 2 is 2.00 bits per heavy atom. The summed E-state index contributed by atoms with van der Waals surface area (Å²) >= 11 is 0. The zero-order chi connectivity index (χ0) is 12.0. The monoisotopic (exact) mass is 223 g/mol. The molecule has 0 bridgehead atoms. The number of H-pyrrole nitrogens is 1. The molecule has 0 aliphatic carbocycles. The van der Waals surface area contributed by atoms with Crippen molar-refractivity contribution in [3.63, 3.8) is 0 Å². The lowest BCUT2D eigenvalue weighted by Gasteiger charge is -2.03. The van der Waals surface area contributed by atoms with Gasteiger partial charge in [0.2, 0.25) is 5.91 Å². The average Bonchev–Trinajstić information content (AvgIpc) is 2.72. The predicted octanol–water partition coefficient (Wildman–Crippen LogP) is -0.307. The number of rotatable bonds is 5. The Hall–Kier alpha value is -2.11. The first-order valence-electron chi connectivity index (χ1n) is 4.80. The van der Waals surface area contributed by atoms with E-state index < -0.39 is 0 Å². The minimum absolute atomic E-state index is 0.141. The van der Waals surface area contributed by atoms with Crippen molar-refractivity contribution in [2.24, 2.45) is 0 Å². The number of aldehydes is 1. The SMILES string of the molecule is CC(=O)NCCNC(=O)c1ccc(C=O)[nH]1. The number of carbonyl (C=O) groups excluding carboxylic acids is 3. The van der Waals surface area contributed by atoms with E-state index in [0.29, 0.717) is 30.8 Å². The number of carbonyl (C=O) groups is 3. The Kier molecular flexibility index (Phi) is 4.26. The maximum Gasteiger partial charge on any atom is 0.267 e. The molecule has 0 spiro atoms. The molecule has 2 amide bonds. The minimum atomic E-state index is -0.307. The fourth-order valence-electron chi connectivity index (χ4n) is 1.12. The number of hydrogen-bond donors (Lipinski definition) is 3. The molecule has 6 heteroatoms. The maximum absolute atomic E-state index is 11.4. The van der Waals surface area contributed by atoms with E-state index in [2.05, 4.69) is 15.6 Å². The van der Waals surface area contributed by atoms with Crippen LogP contribution in [0.4, 0.5) is 0 Å². The molecule has 0 aliphatic rings. The predicted molar refractivity (Wildman–Crippen MR) is 57.2 cm³/mol. The Morgan fingerprint density at radius 3 is 2.56 bits per heavy atom. The molecular formula is C10H13N3O3. The second kappa shape index (κ2) is 5.69. The Balaban J connectivity index is 2.35. The van der Waals surface area contributed by atoms with Crippen LogP contribution in [0.25, 0.3) is 0 Å². The summed E-state index contributed by atoms with van der Waals surface area (Å²) in [4.78, 5) is 35.0. The first kappa shape index (κ1) is 12.0. The van der Waals surface area contributed by atoms with Crippen molar-refractivity contribution in [3.8, 4) is 0 Å². The Morgan fingerprint density at radius 1 is 1.31 bits per heavy atom. The summed E-state index contributed by atoms with van der Waals surface area (Å²) in [7, 11) is 0. The highest BCUT2D eigenvalue weighted by Crippen LogP contribution is 1.98. The highest BCUT2D eigenvalue weighted by atomic mass is 16.2. The van der Waals surface area contributed by atoms with Crippen molar-refractivity contribution in [2.45, 2.75) is 6.92 Å². The summed E-state index contributed by atoms with van der Waals surface area (Å²) in [5, 5.41) is 5.14. The zero-order valence-electron chi connectivity index (χ0n) is 8.87. The third-order valence-corrected chi connectivity index (χ3v) is 1.86. The molecule has 86 valence electrons. The van der Waals surface area contributed by atoms with Gasteiger partial charge in [0, 0.05) is 20.0 Å². The lowest BCUT2D eigenvalue weighted by Crippen LogP contribution is -2.33. The molecule has 1 heterocycles. The van der Waals surface area contributed by atoms with Crippen LogP contribution in [0.15, 0.2) is 12.1 Å². The van der Waals surface area contributed by atoms with Crippen molar-refractivity contribution >= 4 is 18.1 Å². The smallest absolute Gasteiger partial charge is 0.267 e. The van der Waals surface area contributed by atoms with Gasteiger partial charge in [-0.05, 0) is 12.1 Å². The second-order valence-electron chi connectivity index (χ2n) is 3.18. The van der Waals surface area contributed by atoms with Crippen molar-refractivity contribution in [1.29, 1.82) is 0 Å². The van der Waals surface area contributed by atoms with Gasteiger partial charge >= 0.3 is 0 Å². The van der Waals surface area contributed by atoms with Gasteiger partial charge in [-0.1, -0.05) is 0 Å². The molecule has 1 aromatic rings. The summed E-state index contributed by atoms with van der Waals surface area (Å²) in [6.07, 6.45) is 0.633. The van der Waals surface area contributed by atoms with E-state index in [-0.39, 0.29) is 11.8 Å². The molecule has 0 radical (unpaired) electrons. The first-order valence-corrected chi connectivity index (χ1v) is 4.80. The summed E-state index contributed by atoms with van der Waals surface area (Å²) < 4.78 is 0. The highest BCUT2D eigenvalue weighted by molar-refractivity contribution is 5.93. The molecule has 6 nitrogen and oxygen atoms in total. The molecule has 0 saturated heterocycles. The van der Waals surface area contributed by atoms with Crippen LogP contribution >= 0.6 is 0 Å². The number of aromatic amines is 1. The molecule has 0 saturated carbocycles. The van der Waals surface area contributed by atoms with Crippen LogP contribution in [0, 0.1) is 0 Å². The fourth-order valence-corrected chi connectivity index (χ4v) is 1.12. The quantitative estimate of drug-likeness (QED) is 0.472. The van der Waals surface area contributed by atoms with Gasteiger partial charge in [0.15, 0.2) is 6.29 Å². The van der Waals surface area contributed by atoms with Gasteiger partial charge in [-0.3, -0.25) is 14.4 Å². The van der Waals surface area contributed by atoms with Crippen LogP contribution in [-0.2, 0) is 4.79 Å². The lowest BCUT2D eigenvalue weighted by molar-refractivity contribution is -0.118. The van der Waals surface area contributed by atoms with Gasteiger partial charge < -0.3 is 15.6 Å². The summed E-state index contributed by atoms with van der Waals surface area (Å²) in [5.74, 6) is -0.448. The molecule has 0 unspecified atom stereocenters. The van der Waals surface area contributed by atoms with Gasteiger partial charge in [0.1, 0.15) is 5.69 Å². The molecule has 1 aromatic heterocycles. The summed E-state index contributed by atoms with van der Waals surface area (Å²) in [6, 6.07) is 3.05. The van der Waals surface area contributed by atoms with Crippen LogP contribution in [0.3, 0.4) is 0 Å². The largest absolute Gasteiger partial charge is 0.355 e. The van der Waals surface area contributed by atoms with Crippen LogP contribution in [-0.4, -0.2) is 36.2 Å². The normalized spacial score (nSPS) is 9.56. The fraction of sp³-hybridized carbons (Fsp3) is 0.300. The number of aromatic nitrogens is 1. The molecule has 0 aromatic carbocycles. The number of hydrogen-bond acceptors (Lipinski definition) is 3. The third-order valence-electron chi connectivity index (χ3n) is 1.86. The zero-order valence-corrected chi connectivity index (χ0v) is 8.87. The highest BCUT2D eigenvalue weighted by Gasteiger charge is 2.06. The molecule has 3 N–H and O–H groups in total. The maximum atomic E-state index is 11.4. The third kappa shape index (κ3) is 3.56. The van der Waals surface area contributed by atoms with Gasteiger partial charge in [-0.25, -0.2) is 0 Å². The van der Waals surface area contributed by atoms with Crippen LogP contribution in [0.2, 0.25) is 0 Å². The Labute approximate surface area is 92.4 Å². The molecule has 0 aliphatic heterocycles. The van der Waals surface area contributed by atoms with E-state index in [1.807, 2.05) is 0 Å². The van der Waals surface area contributed by atoms with Gasteiger partial charge in [-0.15, -0.1) is 0 Å². The average molecular weight is 223 g/mol. The van der Waals surface area contributed by atoms with Crippen LogP contribution in [0.5, 0.6) is 0 Å². The Bertz CT molecular complexity index is 398. The van der Waals surface area contributed by atoms with Crippen LogP contribution < -0.4 is 10.6 Å². The van der Waals surface area contributed by atoms with Gasteiger partial charge in [0.25, 0.3) is 5.91 Å². The minimum Gasteiger partial charge on any atom is -0.355 e. The van der Waals surface area contributed by atoms with Gasteiger partial charge in [0.05, 0.1) is 5.69 Å². The number of amides is 2. The van der Waals surface area contributed by atoms with Crippen molar-refractivity contribution < 1.29 is 14.4 Å². The second-order valence-corrected chi connectivity index (χ2v) is 3.18. The van der Waals surface area contributed by atoms with Crippen LogP contribution in [0.1, 0.15) is 27.9 Å². The molecular weight excluding hydrogens is 210 g/mol.